The van der Waals surface area contributed by atoms with E-state index in [1.54, 1.807) is 12.1 Å². The molecule has 0 fully saturated rings. The van der Waals surface area contributed by atoms with E-state index in [0.29, 0.717) is 0 Å². The molecule has 0 aliphatic rings. The van der Waals surface area contributed by atoms with E-state index in [2.05, 4.69) is 10.6 Å². The first-order valence-electron chi connectivity index (χ1n) is 5.69. The number of carboxylic acids is 1. The molecule has 0 bridgehead atoms. The van der Waals surface area contributed by atoms with Crippen molar-refractivity contribution in [1.29, 1.82) is 0 Å². The van der Waals surface area contributed by atoms with E-state index in [4.69, 9.17) is 22.4 Å². The number of hydrogen-bond donors (Lipinski definition) is 4. The van der Waals surface area contributed by atoms with Crippen LogP contribution in [0, 0.1) is 0 Å². The molecule has 20 heavy (non-hydrogen) atoms. The standard InChI is InChI=1S/C12H14ClN3O4/c13-8-4-2-1-3-7(8)11(12(19)20)16-10(18)6-15-9(17)5-14/h1-4,11H,5-6,14H2,(H,15,17)(H,16,18)(H,19,20)/t11-/m1/s1. The summed E-state index contributed by atoms with van der Waals surface area (Å²) in [5.74, 6) is -2.42. The zero-order valence-corrected chi connectivity index (χ0v) is 11.2. The average Bonchev–Trinajstić information content (AvgIpc) is 2.42. The fraction of sp³-hybridized carbons (Fsp3) is 0.250. The second-order valence-corrected chi connectivity index (χ2v) is 4.25. The lowest BCUT2D eigenvalue weighted by atomic mass is 10.1. The number of nitrogens with one attached hydrogen (secondary N) is 2. The van der Waals surface area contributed by atoms with E-state index in [1.807, 2.05) is 0 Å². The molecule has 0 saturated heterocycles. The summed E-state index contributed by atoms with van der Waals surface area (Å²) < 4.78 is 0. The van der Waals surface area contributed by atoms with E-state index >= 15 is 0 Å². The Morgan fingerprint density at radius 2 is 1.90 bits per heavy atom. The fourth-order valence-electron chi connectivity index (χ4n) is 1.44. The molecule has 0 aliphatic heterocycles. The van der Waals surface area contributed by atoms with Gasteiger partial charge >= 0.3 is 5.97 Å². The summed E-state index contributed by atoms with van der Waals surface area (Å²) in [7, 11) is 0. The van der Waals surface area contributed by atoms with Crippen molar-refractivity contribution in [2.75, 3.05) is 13.1 Å². The maximum Gasteiger partial charge on any atom is 0.330 e. The van der Waals surface area contributed by atoms with Crippen LogP contribution in [0.3, 0.4) is 0 Å². The zero-order chi connectivity index (χ0) is 15.1. The van der Waals surface area contributed by atoms with Crippen LogP contribution in [0.2, 0.25) is 5.02 Å². The summed E-state index contributed by atoms with van der Waals surface area (Å²) in [6.45, 7) is -0.607. The van der Waals surface area contributed by atoms with Crippen LogP contribution in [0.25, 0.3) is 0 Å². The van der Waals surface area contributed by atoms with Crippen molar-refractivity contribution >= 4 is 29.4 Å². The molecule has 2 amide bonds. The number of halogens is 1. The van der Waals surface area contributed by atoms with Gasteiger partial charge < -0.3 is 21.5 Å². The maximum atomic E-state index is 11.6. The van der Waals surface area contributed by atoms with Gasteiger partial charge in [0.15, 0.2) is 6.04 Å². The van der Waals surface area contributed by atoms with Crippen LogP contribution < -0.4 is 16.4 Å². The monoisotopic (exact) mass is 299 g/mol. The maximum absolute atomic E-state index is 11.6. The Bertz CT molecular complexity index is 521. The Morgan fingerprint density at radius 1 is 1.25 bits per heavy atom. The highest BCUT2D eigenvalue weighted by Gasteiger charge is 2.24. The Kier molecular flexibility index (Phi) is 5.95. The van der Waals surface area contributed by atoms with Gasteiger partial charge in [0.2, 0.25) is 11.8 Å². The molecule has 0 heterocycles. The van der Waals surface area contributed by atoms with Gasteiger partial charge in [0.25, 0.3) is 0 Å². The molecule has 0 unspecified atom stereocenters. The molecule has 1 aromatic rings. The van der Waals surface area contributed by atoms with Crippen LogP contribution in [0.15, 0.2) is 24.3 Å². The lowest BCUT2D eigenvalue weighted by Crippen LogP contribution is -2.42. The largest absolute Gasteiger partial charge is 0.479 e. The van der Waals surface area contributed by atoms with Crippen LogP contribution in [-0.4, -0.2) is 36.0 Å². The Balaban J connectivity index is 2.74. The number of aliphatic carboxylic acids is 1. The minimum atomic E-state index is -1.29. The van der Waals surface area contributed by atoms with Crippen molar-refractivity contribution in [2.24, 2.45) is 5.73 Å². The van der Waals surface area contributed by atoms with Crippen molar-refractivity contribution in [3.63, 3.8) is 0 Å². The molecule has 0 radical (unpaired) electrons. The van der Waals surface area contributed by atoms with Crippen LogP contribution in [0.1, 0.15) is 11.6 Å². The highest BCUT2D eigenvalue weighted by Crippen LogP contribution is 2.22. The second-order valence-electron chi connectivity index (χ2n) is 3.84. The number of carbonyl (C=O) groups excluding carboxylic acids is 2. The Hall–Kier alpha value is -2.12. The van der Waals surface area contributed by atoms with Crippen LogP contribution in [-0.2, 0) is 14.4 Å². The van der Waals surface area contributed by atoms with Gasteiger partial charge in [-0.1, -0.05) is 29.8 Å². The first-order chi connectivity index (χ1) is 9.45. The molecule has 0 spiro atoms. The van der Waals surface area contributed by atoms with Gasteiger partial charge in [-0.05, 0) is 6.07 Å². The lowest BCUT2D eigenvalue weighted by Gasteiger charge is -2.16. The molecule has 0 saturated carbocycles. The van der Waals surface area contributed by atoms with Gasteiger partial charge in [0, 0.05) is 10.6 Å². The van der Waals surface area contributed by atoms with Gasteiger partial charge in [-0.2, -0.15) is 0 Å². The first kappa shape index (κ1) is 15.9. The van der Waals surface area contributed by atoms with Crippen LogP contribution >= 0.6 is 11.6 Å². The molecule has 108 valence electrons. The summed E-state index contributed by atoms with van der Waals surface area (Å²) in [6, 6.07) is 4.99. The third-order valence-corrected chi connectivity index (χ3v) is 2.74. The first-order valence-corrected chi connectivity index (χ1v) is 6.07. The molecule has 7 nitrogen and oxygen atoms in total. The van der Waals surface area contributed by atoms with Crippen molar-refractivity contribution in [3.8, 4) is 0 Å². The van der Waals surface area contributed by atoms with Gasteiger partial charge in [-0.3, -0.25) is 9.59 Å². The van der Waals surface area contributed by atoms with E-state index in [9.17, 15) is 14.4 Å². The van der Waals surface area contributed by atoms with Crippen molar-refractivity contribution in [3.05, 3.63) is 34.9 Å². The topological polar surface area (TPSA) is 122 Å². The number of carbonyl (C=O) groups is 3. The molecule has 0 aromatic heterocycles. The SMILES string of the molecule is NCC(=O)NCC(=O)N[C@@H](C(=O)O)c1ccccc1Cl. The van der Waals surface area contributed by atoms with E-state index in [0.717, 1.165) is 0 Å². The molecule has 1 rings (SSSR count). The lowest BCUT2D eigenvalue weighted by molar-refractivity contribution is -0.141. The predicted molar refractivity (Wildman–Crippen MR) is 72.0 cm³/mol. The van der Waals surface area contributed by atoms with E-state index < -0.39 is 23.8 Å². The minimum absolute atomic E-state index is 0.228. The molecule has 5 N–H and O–H groups in total. The quantitative estimate of drug-likeness (QED) is 0.572. The van der Waals surface area contributed by atoms with E-state index in [-0.39, 0.29) is 23.7 Å². The van der Waals surface area contributed by atoms with E-state index in [1.165, 1.54) is 12.1 Å². The summed E-state index contributed by atoms with van der Waals surface area (Å²) in [4.78, 5) is 33.7. The molecule has 1 atom stereocenters. The minimum Gasteiger partial charge on any atom is -0.479 e. The number of hydrogen-bond acceptors (Lipinski definition) is 4. The third-order valence-electron chi connectivity index (χ3n) is 2.40. The number of nitrogens with two attached hydrogens (primary N) is 1. The smallest absolute Gasteiger partial charge is 0.330 e. The van der Waals surface area contributed by atoms with Crippen molar-refractivity contribution < 1.29 is 19.5 Å². The Labute approximate surface area is 120 Å². The second kappa shape index (κ2) is 7.46. The fourth-order valence-corrected chi connectivity index (χ4v) is 1.69. The molecular formula is C12H14ClN3O4. The van der Waals surface area contributed by atoms with Gasteiger partial charge in [-0.15, -0.1) is 0 Å². The summed E-state index contributed by atoms with van der Waals surface area (Å²) in [5.41, 5.74) is 5.33. The van der Waals surface area contributed by atoms with Crippen molar-refractivity contribution in [1.82, 2.24) is 10.6 Å². The van der Waals surface area contributed by atoms with Crippen LogP contribution in [0.5, 0.6) is 0 Å². The summed E-state index contributed by atoms with van der Waals surface area (Å²) >= 11 is 5.90. The highest BCUT2D eigenvalue weighted by atomic mass is 35.5. The molecule has 1 aromatic carbocycles. The Morgan fingerprint density at radius 3 is 2.45 bits per heavy atom. The zero-order valence-electron chi connectivity index (χ0n) is 10.4. The number of rotatable bonds is 6. The molecular weight excluding hydrogens is 286 g/mol. The normalized spacial score (nSPS) is 11.5. The van der Waals surface area contributed by atoms with Gasteiger partial charge in [0.05, 0.1) is 13.1 Å². The molecule has 8 heteroatoms. The third kappa shape index (κ3) is 4.52. The average molecular weight is 300 g/mol. The van der Waals surface area contributed by atoms with Crippen LogP contribution in [0.4, 0.5) is 0 Å². The molecule has 0 aliphatic carbocycles. The predicted octanol–water partition coefficient (Wildman–Crippen LogP) is -0.343. The number of carboxylic acid groups (broad SMARTS) is 1. The van der Waals surface area contributed by atoms with Gasteiger partial charge in [-0.25, -0.2) is 4.79 Å². The van der Waals surface area contributed by atoms with Gasteiger partial charge in [0.1, 0.15) is 0 Å². The highest BCUT2D eigenvalue weighted by molar-refractivity contribution is 6.31. The number of amides is 2. The van der Waals surface area contributed by atoms with Crippen molar-refractivity contribution in [2.45, 2.75) is 6.04 Å². The number of benzene rings is 1. The summed E-state index contributed by atoms with van der Waals surface area (Å²) in [6.07, 6.45) is 0. The summed E-state index contributed by atoms with van der Waals surface area (Å²) in [5, 5.41) is 13.9.